The van der Waals surface area contributed by atoms with Crippen LogP contribution in [0.25, 0.3) is 0 Å². The number of amides is 2. The summed E-state index contributed by atoms with van der Waals surface area (Å²) in [6.45, 7) is 1.98. The summed E-state index contributed by atoms with van der Waals surface area (Å²) in [5, 5.41) is 7.68. The standard InChI is InChI=1S/C16H18N2O2S/c1-12(19)18-15(13-6-3-2-4-7-13)10-16(20)17-11-14-8-5-9-21-14/h2-9,15H,10-11H2,1H3,(H,17,20)(H,18,19). The molecule has 0 saturated carbocycles. The van der Waals surface area contributed by atoms with Gasteiger partial charge >= 0.3 is 0 Å². The van der Waals surface area contributed by atoms with Crippen molar-refractivity contribution in [3.05, 3.63) is 58.3 Å². The zero-order valence-corrected chi connectivity index (χ0v) is 12.7. The first-order chi connectivity index (χ1) is 10.1. The Morgan fingerprint density at radius 1 is 1.14 bits per heavy atom. The van der Waals surface area contributed by atoms with Gasteiger partial charge in [0.05, 0.1) is 19.0 Å². The highest BCUT2D eigenvalue weighted by atomic mass is 32.1. The van der Waals surface area contributed by atoms with Crippen molar-refractivity contribution < 1.29 is 9.59 Å². The van der Waals surface area contributed by atoms with Gasteiger partial charge in [-0.25, -0.2) is 0 Å². The van der Waals surface area contributed by atoms with Crippen molar-refractivity contribution in [3.8, 4) is 0 Å². The Kier molecular flexibility index (Phi) is 5.51. The Morgan fingerprint density at radius 2 is 1.90 bits per heavy atom. The second kappa shape index (κ2) is 7.59. The van der Waals surface area contributed by atoms with E-state index in [1.807, 2.05) is 47.8 Å². The van der Waals surface area contributed by atoms with E-state index in [1.165, 1.54) is 6.92 Å². The Bertz CT molecular complexity index is 582. The molecule has 0 aliphatic heterocycles. The Morgan fingerprint density at radius 3 is 2.52 bits per heavy atom. The first kappa shape index (κ1) is 15.3. The van der Waals surface area contributed by atoms with Crippen molar-refractivity contribution in [2.45, 2.75) is 25.9 Å². The number of hydrogen-bond acceptors (Lipinski definition) is 3. The summed E-state index contributed by atoms with van der Waals surface area (Å²) in [5.41, 5.74) is 0.930. The third kappa shape index (κ3) is 5.04. The summed E-state index contributed by atoms with van der Waals surface area (Å²) in [6, 6.07) is 13.2. The van der Waals surface area contributed by atoms with E-state index in [1.54, 1.807) is 11.3 Å². The quantitative estimate of drug-likeness (QED) is 0.862. The van der Waals surface area contributed by atoms with Gasteiger partial charge in [0.15, 0.2) is 0 Å². The third-order valence-electron chi connectivity index (χ3n) is 3.01. The molecule has 1 aromatic heterocycles. The Hall–Kier alpha value is -2.14. The van der Waals surface area contributed by atoms with E-state index in [4.69, 9.17) is 0 Å². The molecular weight excluding hydrogens is 284 g/mol. The van der Waals surface area contributed by atoms with Crippen LogP contribution >= 0.6 is 11.3 Å². The summed E-state index contributed by atoms with van der Waals surface area (Å²) in [6.07, 6.45) is 0.231. The zero-order chi connectivity index (χ0) is 15.1. The number of thiophene rings is 1. The number of nitrogens with one attached hydrogen (secondary N) is 2. The molecule has 21 heavy (non-hydrogen) atoms. The van der Waals surface area contributed by atoms with Gasteiger partial charge in [0.1, 0.15) is 0 Å². The first-order valence-electron chi connectivity index (χ1n) is 6.76. The van der Waals surface area contributed by atoms with Crippen LogP contribution < -0.4 is 10.6 Å². The molecule has 0 fully saturated rings. The molecule has 1 aromatic carbocycles. The van der Waals surface area contributed by atoms with Gasteiger partial charge in [-0.2, -0.15) is 0 Å². The lowest BCUT2D eigenvalue weighted by Crippen LogP contribution is -2.32. The second-order valence-corrected chi connectivity index (χ2v) is 5.76. The van der Waals surface area contributed by atoms with Gasteiger partial charge in [-0.1, -0.05) is 36.4 Å². The van der Waals surface area contributed by atoms with Gasteiger partial charge in [-0.15, -0.1) is 11.3 Å². The molecule has 0 aliphatic rings. The molecule has 0 bridgehead atoms. The van der Waals surface area contributed by atoms with Crippen molar-refractivity contribution in [1.29, 1.82) is 0 Å². The van der Waals surface area contributed by atoms with Crippen molar-refractivity contribution in [2.75, 3.05) is 0 Å². The smallest absolute Gasteiger partial charge is 0.222 e. The van der Waals surface area contributed by atoms with Crippen LogP contribution in [0.3, 0.4) is 0 Å². The Balaban J connectivity index is 1.94. The predicted octanol–water partition coefficient (Wildman–Crippen LogP) is 2.63. The van der Waals surface area contributed by atoms with Crippen molar-refractivity contribution in [2.24, 2.45) is 0 Å². The summed E-state index contributed by atoms with van der Waals surface area (Å²) >= 11 is 1.61. The molecule has 4 nitrogen and oxygen atoms in total. The summed E-state index contributed by atoms with van der Waals surface area (Å²) in [5.74, 6) is -0.221. The fourth-order valence-electron chi connectivity index (χ4n) is 2.04. The number of carbonyl (C=O) groups is 2. The van der Waals surface area contributed by atoms with E-state index >= 15 is 0 Å². The lowest BCUT2D eigenvalue weighted by atomic mass is 10.0. The highest BCUT2D eigenvalue weighted by Crippen LogP contribution is 2.16. The van der Waals surface area contributed by atoms with E-state index in [2.05, 4.69) is 10.6 Å². The summed E-state index contributed by atoms with van der Waals surface area (Å²) < 4.78 is 0. The minimum Gasteiger partial charge on any atom is -0.351 e. The number of benzene rings is 1. The SMILES string of the molecule is CC(=O)NC(CC(=O)NCc1cccs1)c1ccccc1. The van der Waals surface area contributed by atoms with Crippen molar-refractivity contribution in [1.82, 2.24) is 10.6 Å². The first-order valence-corrected chi connectivity index (χ1v) is 7.64. The summed E-state index contributed by atoms with van der Waals surface area (Å²) in [7, 11) is 0. The highest BCUT2D eigenvalue weighted by Gasteiger charge is 2.16. The summed E-state index contributed by atoms with van der Waals surface area (Å²) in [4.78, 5) is 24.5. The van der Waals surface area contributed by atoms with Gasteiger partial charge < -0.3 is 10.6 Å². The lowest BCUT2D eigenvalue weighted by molar-refractivity contribution is -0.122. The molecule has 0 spiro atoms. The van der Waals surface area contributed by atoms with Crippen LogP contribution in [0.15, 0.2) is 47.8 Å². The molecule has 5 heteroatoms. The molecule has 110 valence electrons. The van der Waals surface area contributed by atoms with Crippen LogP contribution in [0.2, 0.25) is 0 Å². The molecular formula is C16H18N2O2S. The van der Waals surface area contributed by atoms with Gasteiger partial charge in [0.25, 0.3) is 0 Å². The van der Waals surface area contributed by atoms with E-state index in [0.717, 1.165) is 10.4 Å². The molecule has 1 unspecified atom stereocenters. The third-order valence-corrected chi connectivity index (χ3v) is 3.89. The molecule has 0 radical (unpaired) electrons. The van der Waals surface area contributed by atoms with Gasteiger partial charge in [0, 0.05) is 11.8 Å². The monoisotopic (exact) mass is 302 g/mol. The molecule has 2 rings (SSSR count). The van der Waals surface area contributed by atoms with E-state index in [0.29, 0.717) is 6.54 Å². The molecule has 2 amide bonds. The predicted molar refractivity (Wildman–Crippen MR) is 83.8 cm³/mol. The molecule has 0 aliphatic carbocycles. The second-order valence-electron chi connectivity index (χ2n) is 4.72. The van der Waals surface area contributed by atoms with Crippen LogP contribution in [-0.4, -0.2) is 11.8 Å². The van der Waals surface area contributed by atoms with Crippen LogP contribution in [0.1, 0.15) is 29.8 Å². The highest BCUT2D eigenvalue weighted by molar-refractivity contribution is 7.09. The topological polar surface area (TPSA) is 58.2 Å². The average molecular weight is 302 g/mol. The molecule has 0 saturated heterocycles. The Labute approximate surface area is 128 Å². The minimum atomic E-state index is -0.299. The van der Waals surface area contributed by atoms with Crippen molar-refractivity contribution in [3.63, 3.8) is 0 Å². The molecule has 1 heterocycles. The average Bonchev–Trinajstić information content (AvgIpc) is 2.98. The van der Waals surface area contributed by atoms with Crippen LogP contribution in [0.4, 0.5) is 0 Å². The van der Waals surface area contributed by atoms with Crippen LogP contribution in [0.5, 0.6) is 0 Å². The van der Waals surface area contributed by atoms with Crippen LogP contribution in [0, 0.1) is 0 Å². The van der Waals surface area contributed by atoms with E-state index in [9.17, 15) is 9.59 Å². The van der Waals surface area contributed by atoms with Gasteiger partial charge in [0.2, 0.25) is 11.8 Å². The van der Waals surface area contributed by atoms with Gasteiger partial charge in [-0.3, -0.25) is 9.59 Å². The maximum Gasteiger partial charge on any atom is 0.222 e. The molecule has 2 aromatic rings. The normalized spacial score (nSPS) is 11.7. The fraction of sp³-hybridized carbons (Fsp3) is 0.250. The maximum atomic E-state index is 12.0. The maximum absolute atomic E-state index is 12.0. The molecule has 1 atom stereocenters. The molecule has 2 N–H and O–H groups in total. The number of hydrogen-bond donors (Lipinski definition) is 2. The van der Waals surface area contributed by atoms with Crippen LogP contribution in [-0.2, 0) is 16.1 Å². The number of rotatable bonds is 6. The fourth-order valence-corrected chi connectivity index (χ4v) is 2.68. The van der Waals surface area contributed by atoms with Gasteiger partial charge in [-0.05, 0) is 17.0 Å². The van der Waals surface area contributed by atoms with E-state index < -0.39 is 0 Å². The lowest BCUT2D eigenvalue weighted by Gasteiger charge is -2.18. The zero-order valence-electron chi connectivity index (χ0n) is 11.8. The minimum absolute atomic E-state index is 0.0778. The number of carbonyl (C=O) groups excluding carboxylic acids is 2. The largest absolute Gasteiger partial charge is 0.351 e. The van der Waals surface area contributed by atoms with E-state index in [-0.39, 0.29) is 24.3 Å². The van der Waals surface area contributed by atoms with Crippen molar-refractivity contribution >= 4 is 23.2 Å².